The molecule has 5 nitrogen and oxygen atoms in total. The number of hydrogen-bond donors (Lipinski definition) is 1. The molecule has 0 aliphatic carbocycles. The van der Waals surface area contributed by atoms with Gasteiger partial charge >= 0.3 is 13.5 Å². The number of hydrogen-bond acceptors (Lipinski definition) is 4. The molecule has 0 saturated carbocycles. The fraction of sp³-hybridized carbons (Fsp3) is 0.500. The number of ether oxygens (including phenoxy) is 1. The third-order valence-corrected chi connectivity index (χ3v) is 4.95. The standard InChI is InChI=1S/C14H21ClNO4P/c1-5-21(18,16-11(4)14(17)19-10(2)3)20-13-8-6-12(15)7-9-13/h6-11H,5H2,1-4H3,(H,16,18). The van der Waals surface area contributed by atoms with Crippen LogP contribution in [0.1, 0.15) is 27.7 Å². The zero-order valence-corrected chi connectivity index (χ0v) is 14.3. The molecule has 1 N–H and O–H groups in total. The van der Waals surface area contributed by atoms with E-state index in [1.165, 1.54) is 0 Å². The molecular weight excluding hydrogens is 313 g/mol. The van der Waals surface area contributed by atoms with Crippen molar-refractivity contribution in [3.05, 3.63) is 29.3 Å². The SMILES string of the molecule is CCP(=O)(NC(C)C(=O)OC(C)C)Oc1ccc(Cl)cc1. The average Bonchev–Trinajstić information content (AvgIpc) is 2.40. The van der Waals surface area contributed by atoms with E-state index in [0.717, 1.165) is 0 Å². The number of halogens is 1. The van der Waals surface area contributed by atoms with Crippen molar-refractivity contribution in [3.63, 3.8) is 0 Å². The molecule has 2 unspecified atom stereocenters. The Morgan fingerprint density at radius 2 is 1.86 bits per heavy atom. The minimum Gasteiger partial charge on any atom is -0.462 e. The summed E-state index contributed by atoms with van der Waals surface area (Å²) in [4.78, 5) is 11.8. The first-order chi connectivity index (χ1) is 9.75. The molecule has 0 fully saturated rings. The van der Waals surface area contributed by atoms with E-state index in [-0.39, 0.29) is 12.3 Å². The van der Waals surface area contributed by atoms with Gasteiger partial charge in [-0.15, -0.1) is 0 Å². The van der Waals surface area contributed by atoms with Crippen LogP contribution in [0.15, 0.2) is 24.3 Å². The first-order valence-electron chi connectivity index (χ1n) is 6.78. The van der Waals surface area contributed by atoms with Gasteiger partial charge in [0, 0.05) is 11.2 Å². The maximum Gasteiger partial charge on any atom is 0.323 e. The Hall–Kier alpha value is -1.03. The van der Waals surface area contributed by atoms with Crippen molar-refractivity contribution < 1.29 is 18.6 Å². The van der Waals surface area contributed by atoms with Gasteiger partial charge in [-0.05, 0) is 45.0 Å². The highest BCUT2D eigenvalue weighted by molar-refractivity contribution is 7.57. The molecule has 2 atom stereocenters. The third-order valence-electron chi connectivity index (χ3n) is 2.58. The summed E-state index contributed by atoms with van der Waals surface area (Å²) in [6.07, 6.45) is 0.0227. The Bertz CT molecular complexity index is 518. The Morgan fingerprint density at radius 1 is 1.29 bits per heavy atom. The highest BCUT2D eigenvalue weighted by atomic mass is 35.5. The Labute approximate surface area is 130 Å². The summed E-state index contributed by atoms with van der Waals surface area (Å²) in [5, 5.41) is 3.30. The Kier molecular flexibility index (Phi) is 6.72. The summed E-state index contributed by atoms with van der Waals surface area (Å²) in [6.45, 7) is 6.84. The molecule has 0 aliphatic heterocycles. The van der Waals surface area contributed by atoms with E-state index in [9.17, 15) is 9.36 Å². The van der Waals surface area contributed by atoms with Crippen LogP contribution >= 0.6 is 19.1 Å². The second-order valence-electron chi connectivity index (χ2n) is 4.87. The molecule has 0 aliphatic rings. The molecule has 0 amide bonds. The van der Waals surface area contributed by atoms with Gasteiger partial charge in [0.15, 0.2) is 0 Å². The lowest BCUT2D eigenvalue weighted by Crippen LogP contribution is -2.36. The molecule has 0 heterocycles. The third kappa shape index (κ3) is 6.08. The smallest absolute Gasteiger partial charge is 0.323 e. The molecule has 1 rings (SSSR count). The van der Waals surface area contributed by atoms with Crippen LogP contribution in [-0.4, -0.2) is 24.3 Å². The van der Waals surface area contributed by atoms with Crippen LogP contribution in [0, 0.1) is 0 Å². The van der Waals surface area contributed by atoms with Crippen molar-refractivity contribution in [2.24, 2.45) is 0 Å². The molecule has 0 spiro atoms. The van der Waals surface area contributed by atoms with Gasteiger partial charge in [0.05, 0.1) is 6.10 Å². The molecule has 7 heteroatoms. The van der Waals surface area contributed by atoms with E-state index >= 15 is 0 Å². The summed E-state index contributed by atoms with van der Waals surface area (Å²) in [7, 11) is -3.18. The van der Waals surface area contributed by atoms with Crippen molar-refractivity contribution in [1.29, 1.82) is 0 Å². The topological polar surface area (TPSA) is 64.6 Å². The monoisotopic (exact) mass is 333 g/mol. The number of carbonyl (C=O) groups excluding carboxylic acids is 1. The van der Waals surface area contributed by atoms with E-state index in [1.807, 2.05) is 0 Å². The van der Waals surface area contributed by atoms with Gasteiger partial charge in [0.25, 0.3) is 0 Å². The van der Waals surface area contributed by atoms with E-state index in [1.54, 1.807) is 52.0 Å². The summed E-state index contributed by atoms with van der Waals surface area (Å²) in [5.41, 5.74) is 0. The Morgan fingerprint density at radius 3 is 2.33 bits per heavy atom. The molecule has 1 aromatic rings. The lowest BCUT2D eigenvalue weighted by atomic mass is 10.3. The first kappa shape index (κ1) is 18.0. The molecule has 1 aromatic carbocycles. The number of benzene rings is 1. The Balaban J connectivity index is 2.73. The minimum absolute atomic E-state index is 0.222. The van der Waals surface area contributed by atoms with Crippen molar-refractivity contribution in [3.8, 4) is 5.75 Å². The van der Waals surface area contributed by atoms with Crippen LogP contribution in [0.5, 0.6) is 5.75 Å². The quantitative estimate of drug-likeness (QED) is 0.606. The summed E-state index contributed by atoms with van der Waals surface area (Å²) < 4.78 is 23.2. The van der Waals surface area contributed by atoms with Crippen LogP contribution in [0.2, 0.25) is 5.02 Å². The fourth-order valence-electron chi connectivity index (χ4n) is 1.53. The van der Waals surface area contributed by atoms with E-state index in [0.29, 0.717) is 10.8 Å². The van der Waals surface area contributed by atoms with Crippen LogP contribution < -0.4 is 9.61 Å². The lowest BCUT2D eigenvalue weighted by Gasteiger charge is -2.23. The molecule has 0 bridgehead atoms. The van der Waals surface area contributed by atoms with E-state index in [2.05, 4.69) is 5.09 Å². The lowest BCUT2D eigenvalue weighted by molar-refractivity contribution is -0.149. The molecule has 0 radical (unpaired) electrons. The zero-order valence-electron chi connectivity index (χ0n) is 12.6. The van der Waals surface area contributed by atoms with Crippen LogP contribution in [0.25, 0.3) is 0 Å². The van der Waals surface area contributed by atoms with Crippen LogP contribution in [0.3, 0.4) is 0 Å². The molecule has 118 valence electrons. The van der Waals surface area contributed by atoms with Gasteiger partial charge < -0.3 is 9.26 Å². The molecule has 0 aromatic heterocycles. The van der Waals surface area contributed by atoms with E-state index in [4.69, 9.17) is 20.9 Å². The molecule has 0 saturated heterocycles. The van der Waals surface area contributed by atoms with Gasteiger partial charge in [-0.2, -0.15) is 0 Å². The number of nitrogens with one attached hydrogen (secondary N) is 1. The van der Waals surface area contributed by atoms with E-state index < -0.39 is 19.5 Å². The number of rotatable bonds is 7. The second kappa shape index (κ2) is 7.83. The van der Waals surface area contributed by atoms with Crippen LogP contribution in [0.4, 0.5) is 0 Å². The van der Waals surface area contributed by atoms with Crippen molar-refractivity contribution in [2.45, 2.75) is 39.8 Å². The predicted octanol–water partition coefficient (Wildman–Crippen LogP) is 3.86. The largest absolute Gasteiger partial charge is 0.462 e. The summed E-state index contributed by atoms with van der Waals surface area (Å²) in [6, 6.07) is 5.83. The summed E-state index contributed by atoms with van der Waals surface area (Å²) >= 11 is 5.79. The van der Waals surface area contributed by atoms with Crippen molar-refractivity contribution in [1.82, 2.24) is 5.09 Å². The van der Waals surface area contributed by atoms with Gasteiger partial charge in [-0.25, -0.2) is 5.09 Å². The predicted molar refractivity (Wildman–Crippen MR) is 84.1 cm³/mol. The highest BCUT2D eigenvalue weighted by Crippen LogP contribution is 2.43. The minimum atomic E-state index is -3.18. The maximum atomic E-state index is 12.7. The highest BCUT2D eigenvalue weighted by Gasteiger charge is 2.28. The average molecular weight is 334 g/mol. The maximum absolute atomic E-state index is 12.7. The molecular formula is C14H21ClNO4P. The van der Waals surface area contributed by atoms with Crippen molar-refractivity contribution in [2.75, 3.05) is 6.16 Å². The number of carbonyl (C=O) groups is 1. The fourth-order valence-corrected chi connectivity index (χ4v) is 3.18. The van der Waals surface area contributed by atoms with Crippen LogP contribution in [-0.2, 0) is 14.1 Å². The van der Waals surface area contributed by atoms with Gasteiger partial charge in [0.2, 0.25) is 0 Å². The van der Waals surface area contributed by atoms with Gasteiger partial charge in [-0.3, -0.25) is 9.36 Å². The normalized spacial score (nSPS) is 15.3. The second-order valence-corrected chi connectivity index (χ2v) is 7.73. The number of esters is 1. The van der Waals surface area contributed by atoms with Gasteiger partial charge in [-0.1, -0.05) is 18.5 Å². The summed E-state index contributed by atoms with van der Waals surface area (Å²) in [5.74, 6) is -0.0279. The van der Waals surface area contributed by atoms with Gasteiger partial charge in [0.1, 0.15) is 11.8 Å². The van der Waals surface area contributed by atoms with Crippen molar-refractivity contribution >= 4 is 25.1 Å². The zero-order chi connectivity index (χ0) is 16.0. The molecule has 21 heavy (non-hydrogen) atoms. The first-order valence-corrected chi connectivity index (χ1v) is 8.97.